The van der Waals surface area contributed by atoms with Crippen molar-refractivity contribution in [3.05, 3.63) is 59.4 Å². The summed E-state index contributed by atoms with van der Waals surface area (Å²) < 4.78 is 11.7. The number of fused-ring (bicyclic) bond motifs is 1. The van der Waals surface area contributed by atoms with Gasteiger partial charge in [-0.1, -0.05) is 30.3 Å². The minimum Gasteiger partial charge on any atom is -0.377 e. The van der Waals surface area contributed by atoms with Crippen molar-refractivity contribution >= 4 is 16.7 Å². The number of rotatable bonds is 6. The first-order chi connectivity index (χ1) is 12.3. The molecular formula is C18H21N5OS. The molecule has 25 heavy (non-hydrogen) atoms. The van der Waals surface area contributed by atoms with Crippen LogP contribution in [0.15, 0.2) is 36.7 Å². The Morgan fingerprint density at radius 1 is 1.24 bits per heavy atom. The number of aromatic nitrogens is 4. The van der Waals surface area contributed by atoms with Gasteiger partial charge in [0.1, 0.15) is 6.61 Å². The summed E-state index contributed by atoms with van der Waals surface area (Å²) in [6.07, 6.45) is 4.00. The summed E-state index contributed by atoms with van der Waals surface area (Å²) in [4.78, 5) is 11.5. The first-order valence-electron chi connectivity index (χ1n) is 8.47. The van der Waals surface area contributed by atoms with Crippen molar-refractivity contribution in [3.8, 4) is 0 Å². The van der Waals surface area contributed by atoms with Gasteiger partial charge in [0, 0.05) is 43.8 Å². The molecule has 0 radical (unpaired) electrons. The SMILES string of the molecule is COCc1nsc(N2CCc3c(ncn3CCc3ccccc3)C2)n1. The zero-order chi connectivity index (χ0) is 17.1. The largest absolute Gasteiger partial charge is 0.377 e. The van der Waals surface area contributed by atoms with E-state index in [1.807, 2.05) is 6.33 Å². The van der Waals surface area contributed by atoms with Crippen LogP contribution in [0.25, 0.3) is 0 Å². The second kappa shape index (κ2) is 7.33. The van der Waals surface area contributed by atoms with E-state index >= 15 is 0 Å². The summed E-state index contributed by atoms with van der Waals surface area (Å²) in [5.74, 6) is 0.752. The monoisotopic (exact) mass is 355 g/mol. The molecule has 0 N–H and O–H groups in total. The first kappa shape index (κ1) is 16.2. The fourth-order valence-corrected chi connectivity index (χ4v) is 3.88. The van der Waals surface area contributed by atoms with Crippen LogP contribution < -0.4 is 4.90 Å². The highest BCUT2D eigenvalue weighted by Crippen LogP contribution is 2.25. The van der Waals surface area contributed by atoms with Gasteiger partial charge in [-0.05, 0) is 12.0 Å². The lowest BCUT2D eigenvalue weighted by molar-refractivity contribution is 0.179. The average Bonchev–Trinajstić information content (AvgIpc) is 3.28. The first-order valence-corrected chi connectivity index (χ1v) is 9.24. The van der Waals surface area contributed by atoms with E-state index in [0.29, 0.717) is 6.61 Å². The van der Waals surface area contributed by atoms with E-state index < -0.39 is 0 Å². The average molecular weight is 355 g/mol. The third-order valence-corrected chi connectivity index (χ3v) is 5.29. The Labute approximate surface area is 151 Å². The van der Waals surface area contributed by atoms with E-state index in [-0.39, 0.29) is 0 Å². The predicted molar refractivity (Wildman–Crippen MR) is 97.7 cm³/mol. The molecule has 7 heteroatoms. The molecule has 0 saturated carbocycles. The highest BCUT2D eigenvalue weighted by molar-refractivity contribution is 7.09. The number of methoxy groups -OCH3 is 1. The normalized spacial score (nSPS) is 13.9. The zero-order valence-electron chi connectivity index (χ0n) is 14.3. The maximum Gasteiger partial charge on any atom is 0.205 e. The van der Waals surface area contributed by atoms with Crippen molar-refractivity contribution in [2.45, 2.75) is 32.5 Å². The number of aryl methyl sites for hydroxylation is 2. The van der Waals surface area contributed by atoms with Gasteiger partial charge < -0.3 is 14.2 Å². The lowest BCUT2D eigenvalue weighted by atomic mass is 10.1. The fourth-order valence-electron chi connectivity index (χ4n) is 3.18. The molecule has 130 valence electrons. The third-order valence-electron chi connectivity index (χ3n) is 4.48. The molecule has 4 rings (SSSR count). The number of anilines is 1. The van der Waals surface area contributed by atoms with E-state index in [9.17, 15) is 0 Å². The van der Waals surface area contributed by atoms with Gasteiger partial charge in [0.05, 0.1) is 18.6 Å². The number of hydrogen-bond acceptors (Lipinski definition) is 6. The van der Waals surface area contributed by atoms with Crippen LogP contribution >= 0.6 is 11.5 Å². The van der Waals surface area contributed by atoms with Gasteiger partial charge >= 0.3 is 0 Å². The summed E-state index contributed by atoms with van der Waals surface area (Å²) in [6.45, 7) is 3.19. The summed E-state index contributed by atoms with van der Waals surface area (Å²) in [7, 11) is 1.66. The Hall–Kier alpha value is -2.25. The maximum absolute atomic E-state index is 5.10. The van der Waals surface area contributed by atoms with Crippen LogP contribution in [0.5, 0.6) is 0 Å². The van der Waals surface area contributed by atoms with Crippen LogP contribution in [0.3, 0.4) is 0 Å². The standard InChI is InChI=1S/C18H21N5OS/c1-24-12-17-20-18(25-21-17)22-10-8-16-15(11-22)19-13-23(16)9-7-14-5-3-2-4-6-14/h2-6,13H,7-12H2,1H3. The minimum absolute atomic E-state index is 0.462. The molecule has 0 bridgehead atoms. The van der Waals surface area contributed by atoms with Crippen LogP contribution in [-0.4, -0.2) is 32.6 Å². The summed E-state index contributed by atoms with van der Waals surface area (Å²) >= 11 is 1.44. The van der Waals surface area contributed by atoms with Gasteiger partial charge in [0.25, 0.3) is 0 Å². The van der Waals surface area contributed by atoms with E-state index in [1.165, 1.54) is 22.8 Å². The van der Waals surface area contributed by atoms with Crippen LogP contribution in [0.1, 0.15) is 22.8 Å². The molecule has 0 fully saturated rings. The van der Waals surface area contributed by atoms with Gasteiger partial charge in [0.2, 0.25) is 5.13 Å². The van der Waals surface area contributed by atoms with Crippen molar-refractivity contribution in [1.29, 1.82) is 0 Å². The molecule has 1 aliphatic rings. The highest BCUT2D eigenvalue weighted by Gasteiger charge is 2.23. The van der Waals surface area contributed by atoms with Crippen LogP contribution in [0, 0.1) is 0 Å². The third kappa shape index (κ3) is 3.57. The highest BCUT2D eigenvalue weighted by atomic mass is 32.1. The Bertz CT molecular complexity index is 829. The lowest BCUT2D eigenvalue weighted by Crippen LogP contribution is -2.31. The smallest absolute Gasteiger partial charge is 0.205 e. The zero-order valence-corrected chi connectivity index (χ0v) is 15.1. The van der Waals surface area contributed by atoms with Crippen molar-refractivity contribution < 1.29 is 4.74 Å². The predicted octanol–water partition coefficient (Wildman–Crippen LogP) is 2.69. The fraction of sp³-hybridized carbons (Fsp3) is 0.389. The van der Waals surface area contributed by atoms with Crippen molar-refractivity contribution in [2.75, 3.05) is 18.6 Å². The Balaban J connectivity index is 1.43. The van der Waals surface area contributed by atoms with Gasteiger partial charge in [-0.3, -0.25) is 0 Å². The van der Waals surface area contributed by atoms with E-state index in [1.54, 1.807) is 7.11 Å². The van der Waals surface area contributed by atoms with Gasteiger partial charge in [-0.25, -0.2) is 9.97 Å². The molecule has 0 spiro atoms. The van der Waals surface area contributed by atoms with Crippen LogP contribution in [0.4, 0.5) is 5.13 Å². The molecule has 0 amide bonds. The molecule has 2 aromatic heterocycles. The molecule has 0 saturated heterocycles. The molecule has 6 nitrogen and oxygen atoms in total. The molecule has 0 aliphatic carbocycles. The van der Waals surface area contributed by atoms with E-state index in [0.717, 1.165) is 49.1 Å². The summed E-state index contributed by atoms with van der Waals surface area (Å²) in [5.41, 5.74) is 3.87. The van der Waals surface area contributed by atoms with Crippen molar-refractivity contribution in [3.63, 3.8) is 0 Å². The molecule has 1 aliphatic heterocycles. The maximum atomic E-state index is 5.10. The number of hydrogen-bond donors (Lipinski definition) is 0. The van der Waals surface area contributed by atoms with Crippen molar-refractivity contribution in [2.24, 2.45) is 0 Å². The van der Waals surface area contributed by atoms with Gasteiger partial charge in [-0.2, -0.15) is 4.37 Å². The van der Waals surface area contributed by atoms with Gasteiger partial charge in [-0.15, -0.1) is 0 Å². The summed E-state index contributed by atoms with van der Waals surface area (Å²) in [5, 5.41) is 0.955. The van der Waals surface area contributed by atoms with E-state index in [4.69, 9.17) is 4.74 Å². The van der Waals surface area contributed by atoms with E-state index in [2.05, 4.69) is 54.1 Å². The second-order valence-corrected chi connectivity index (χ2v) is 6.89. The van der Waals surface area contributed by atoms with Crippen LogP contribution in [0.2, 0.25) is 0 Å². The molecule has 3 aromatic rings. The number of benzene rings is 1. The minimum atomic E-state index is 0.462. The van der Waals surface area contributed by atoms with Gasteiger partial charge in [0.15, 0.2) is 5.82 Å². The molecule has 0 unspecified atom stereocenters. The Morgan fingerprint density at radius 3 is 2.96 bits per heavy atom. The molecule has 3 heterocycles. The Morgan fingerprint density at radius 2 is 2.12 bits per heavy atom. The molecule has 0 atom stereocenters. The lowest BCUT2D eigenvalue weighted by Gasteiger charge is -2.26. The number of nitrogens with zero attached hydrogens (tertiary/aromatic N) is 5. The second-order valence-electron chi connectivity index (χ2n) is 6.16. The van der Waals surface area contributed by atoms with Crippen molar-refractivity contribution in [1.82, 2.24) is 18.9 Å². The Kier molecular flexibility index (Phi) is 4.76. The summed E-state index contributed by atoms with van der Waals surface area (Å²) in [6, 6.07) is 10.6. The molecular weight excluding hydrogens is 334 g/mol. The number of ether oxygens (including phenoxy) is 1. The number of imidazole rings is 1. The quantitative estimate of drug-likeness (QED) is 0.680. The topological polar surface area (TPSA) is 56.1 Å². The van der Waals surface area contributed by atoms with Crippen LogP contribution in [-0.2, 0) is 37.3 Å². The molecule has 1 aromatic carbocycles.